The zero-order chi connectivity index (χ0) is 22.3. The van der Waals surface area contributed by atoms with E-state index in [-0.39, 0.29) is 36.4 Å². The zero-order valence-corrected chi connectivity index (χ0v) is 18.7. The van der Waals surface area contributed by atoms with Gasteiger partial charge in [-0.2, -0.15) is 4.31 Å². The number of nitrogens with one attached hydrogen (secondary N) is 1. The third kappa shape index (κ3) is 6.26. The van der Waals surface area contributed by atoms with Crippen LogP contribution in [0.15, 0.2) is 89.8 Å². The SMILES string of the molecule is Cc1ccc(S(=O)(=O)N(CCC(=O)NC(C)c2ccccc2)Cc2ccccc2)cc1. The number of amides is 1. The Morgan fingerprint density at radius 3 is 2.10 bits per heavy atom. The molecule has 0 aliphatic rings. The molecule has 1 atom stereocenters. The van der Waals surface area contributed by atoms with Gasteiger partial charge in [0.05, 0.1) is 10.9 Å². The predicted octanol–water partition coefficient (Wildman–Crippen LogP) is 4.45. The minimum atomic E-state index is -3.74. The molecule has 1 N–H and O–H groups in total. The lowest BCUT2D eigenvalue weighted by Crippen LogP contribution is -2.35. The van der Waals surface area contributed by atoms with Crippen LogP contribution >= 0.6 is 0 Å². The molecule has 0 fully saturated rings. The van der Waals surface area contributed by atoms with Gasteiger partial charge in [0.1, 0.15) is 0 Å². The molecule has 0 aliphatic heterocycles. The summed E-state index contributed by atoms with van der Waals surface area (Å²) in [6.45, 7) is 4.13. The quantitative estimate of drug-likeness (QED) is 0.539. The lowest BCUT2D eigenvalue weighted by molar-refractivity contribution is -0.121. The Morgan fingerprint density at radius 2 is 1.48 bits per heavy atom. The molecule has 0 spiro atoms. The molecule has 3 aromatic rings. The summed E-state index contributed by atoms with van der Waals surface area (Å²) in [5, 5.41) is 2.95. The molecular weight excluding hydrogens is 408 g/mol. The highest BCUT2D eigenvalue weighted by Gasteiger charge is 2.25. The van der Waals surface area contributed by atoms with Crippen molar-refractivity contribution in [2.24, 2.45) is 0 Å². The third-order valence-corrected chi connectivity index (χ3v) is 6.99. The first-order chi connectivity index (χ1) is 14.9. The van der Waals surface area contributed by atoms with E-state index in [1.807, 2.05) is 74.5 Å². The fourth-order valence-corrected chi connectivity index (χ4v) is 4.72. The van der Waals surface area contributed by atoms with E-state index in [9.17, 15) is 13.2 Å². The first-order valence-corrected chi connectivity index (χ1v) is 11.8. The Hall–Kier alpha value is -2.96. The second-order valence-corrected chi connectivity index (χ2v) is 9.53. The van der Waals surface area contributed by atoms with Crippen LogP contribution < -0.4 is 5.32 Å². The van der Waals surface area contributed by atoms with Crippen LogP contribution in [0.2, 0.25) is 0 Å². The summed E-state index contributed by atoms with van der Waals surface area (Å²) >= 11 is 0. The normalized spacial score (nSPS) is 12.5. The average Bonchev–Trinajstić information content (AvgIpc) is 2.78. The molecule has 0 aliphatic carbocycles. The molecule has 3 aromatic carbocycles. The number of sulfonamides is 1. The van der Waals surface area contributed by atoms with Crippen molar-refractivity contribution in [1.29, 1.82) is 0 Å². The van der Waals surface area contributed by atoms with Gasteiger partial charge in [0.25, 0.3) is 0 Å². The lowest BCUT2D eigenvalue weighted by atomic mass is 10.1. The van der Waals surface area contributed by atoms with Gasteiger partial charge in [-0.3, -0.25) is 4.79 Å². The number of carbonyl (C=O) groups is 1. The van der Waals surface area contributed by atoms with Gasteiger partial charge in [0, 0.05) is 19.5 Å². The van der Waals surface area contributed by atoms with Crippen LogP contribution in [0.4, 0.5) is 0 Å². The summed E-state index contributed by atoms with van der Waals surface area (Å²) in [5.74, 6) is -0.187. The first kappa shape index (κ1) is 22.7. The van der Waals surface area contributed by atoms with Crippen molar-refractivity contribution in [3.05, 3.63) is 102 Å². The molecule has 0 heterocycles. The smallest absolute Gasteiger partial charge is 0.243 e. The molecule has 0 radical (unpaired) electrons. The standard InChI is InChI=1S/C25H28N2O3S/c1-20-13-15-24(16-14-20)31(29,30)27(19-22-9-5-3-6-10-22)18-17-25(28)26-21(2)23-11-7-4-8-12-23/h3-16,21H,17-19H2,1-2H3,(H,26,28). The van der Waals surface area contributed by atoms with Gasteiger partial charge in [-0.05, 0) is 37.1 Å². The molecule has 0 bridgehead atoms. The zero-order valence-electron chi connectivity index (χ0n) is 17.9. The highest BCUT2D eigenvalue weighted by atomic mass is 32.2. The summed E-state index contributed by atoms with van der Waals surface area (Å²) in [5.41, 5.74) is 2.86. The monoisotopic (exact) mass is 436 g/mol. The number of rotatable bonds is 9. The molecule has 6 heteroatoms. The van der Waals surface area contributed by atoms with E-state index in [0.717, 1.165) is 16.7 Å². The number of carbonyl (C=O) groups excluding carboxylic acids is 1. The number of nitrogens with zero attached hydrogens (tertiary/aromatic N) is 1. The number of benzene rings is 3. The van der Waals surface area contributed by atoms with Gasteiger partial charge in [0.2, 0.25) is 15.9 Å². The Balaban J connectivity index is 1.73. The van der Waals surface area contributed by atoms with E-state index in [0.29, 0.717) is 0 Å². The maximum Gasteiger partial charge on any atom is 0.243 e. The van der Waals surface area contributed by atoms with Gasteiger partial charge in [-0.15, -0.1) is 0 Å². The van der Waals surface area contributed by atoms with Crippen LogP contribution in [0.5, 0.6) is 0 Å². The van der Waals surface area contributed by atoms with E-state index < -0.39 is 10.0 Å². The minimum absolute atomic E-state index is 0.0785. The van der Waals surface area contributed by atoms with E-state index >= 15 is 0 Å². The largest absolute Gasteiger partial charge is 0.350 e. The van der Waals surface area contributed by atoms with Gasteiger partial charge >= 0.3 is 0 Å². The third-order valence-electron chi connectivity index (χ3n) is 5.13. The minimum Gasteiger partial charge on any atom is -0.350 e. The van der Waals surface area contributed by atoms with E-state index in [2.05, 4.69) is 5.32 Å². The summed E-state index contributed by atoms with van der Waals surface area (Å²) in [4.78, 5) is 12.8. The van der Waals surface area contributed by atoms with Gasteiger partial charge in [-0.1, -0.05) is 78.4 Å². The van der Waals surface area contributed by atoms with Crippen LogP contribution in [-0.4, -0.2) is 25.2 Å². The molecule has 31 heavy (non-hydrogen) atoms. The Bertz CT molecular complexity index is 1080. The van der Waals surface area contributed by atoms with Crippen LogP contribution in [0, 0.1) is 6.92 Å². The van der Waals surface area contributed by atoms with E-state index in [1.165, 1.54) is 4.31 Å². The Labute approximate surface area is 184 Å². The molecule has 162 valence electrons. The van der Waals surface area contributed by atoms with Crippen LogP contribution in [0.1, 0.15) is 36.1 Å². The average molecular weight is 437 g/mol. The Kier molecular flexibility index (Phi) is 7.60. The van der Waals surface area contributed by atoms with E-state index in [4.69, 9.17) is 0 Å². The van der Waals surface area contributed by atoms with Crippen molar-refractivity contribution in [2.75, 3.05) is 6.54 Å². The number of aryl methyl sites for hydroxylation is 1. The van der Waals surface area contributed by atoms with Gasteiger partial charge < -0.3 is 5.32 Å². The van der Waals surface area contributed by atoms with Crippen molar-refractivity contribution < 1.29 is 13.2 Å². The van der Waals surface area contributed by atoms with Crippen molar-refractivity contribution in [2.45, 2.75) is 37.8 Å². The molecule has 1 unspecified atom stereocenters. The molecule has 1 amide bonds. The summed E-state index contributed by atoms with van der Waals surface area (Å²) in [6, 6.07) is 25.7. The molecule has 0 aromatic heterocycles. The Morgan fingerprint density at radius 1 is 0.903 bits per heavy atom. The summed E-state index contributed by atoms with van der Waals surface area (Å²) in [6.07, 6.45) is 0.0785. The number of hydrogen-bond donors (Lipinski definition) is 1. The predicted molar refractivity (Wildman–Crippen MR) is 123 cm³/mol. The van der Waals surface area contributed by atoms with Crippen LogP contribution in [-0.2, 0) is 21.4 Å². The van der Waals surface area contributed by atoms with Gasteiger partial charge in [0.15, 0.2) is 0 Å². The fourth-order valence-electron chi connectivity index (χ4n) is 3.30. The summed E-state index contributed by atoms with van der Waals surface area (Å²) < 4.78 is 28.0. The number of hydrogen-bond acceptors (Lipinski definition) is 3. The molecule has 0 saturated heterocycles. The molecule has 5 nitrogen and oxygen atoms in total. The van der Waals surface area contributed by atoms with Crippen molar-refractivity contribution in [3.8, 4) is 0 Å². The fraction of sp³-hybridized carbons (Fsp3) is 0.240. The molecule has 3 rings (SSSR count). The van der Waals surface area contributed by atoms with Crippen molar-refractivity contribution in [3.63, 3.8) is 0 Å². The second-order valence-electron chi connectivity index (χ2n) is 7.59. The topological polar surface area (TPSA) is 66.5 Å². The molecular formula is C25H28N2O3S. The van der Waals surface area contributed by atoms with Crippen molar-refractivity contribution in [1.82, 2.24) is 9.62 Å². The van der Waals surface area contributed by atoms with Crippen LogP contribution in [0.3, 0.4) is 0 Å². The van der Waals surface area contributed by atoms with Crippen LogP contribution in [0.25, 0.3) is 0 Å². The highest BCUT2D eigenvalue weighted by molar-refractivity contribution is 7.89. The molecule has 0 saturated carbocycles. The highest BCUT2D eigenvalue weighted by Crippen LogP contribution is 2.20. The summed E-state index contributed by atoms with van der Waals surface area (Å²) in [7, 11) is -3.74. The van der Waals surface area contributed by atoms with Crippen molar-refractivity contribution >= 4 is 15.9 Å². The van der Waals surface area contributed by atoms with E-state index in [1.54, 1.807) is 24.3 Å². The maximum atomic E-state index is 13.3. The second kappa shape index (κ2) is 10.4. The maximum absolute atomic E-state index is 13.3. The first-order valence-electron chi connectivity index (χ1n) is 10.3. The lowest BCUT2D eigenvalue weighted by Gasteiger charge is -2.23. The van der Waals surface area contributed by atoms with Gasteiger partial charge in [-0.25, -0.2) is 8.42 Å².